The van der Waals surface area contributed by atoms with Crippen LogP contribution in [-0.4, -0.2) is 30.6 Å². The fourth-order valence-corrected chi connectivity index (χ4v) is 3.38. The van der Waals surface area contributed by atoms with E-state index in [9.17, 15) is 4.79 Å². The van der Waals surface area contributed by atoms with Crippen molar-refractivity contribution in [1.29, 1.82) is 0 Å². The van der Waals surface area contributed by atoms with Crippen molar-refractivity contribution in [3.63, 3.8) is 0 Å². The molecule has 24 heavy (non-hydrogen) atoms. The Bertz CT molecular complexity index is 766. The molecule has 0 bridgehead atoms. The number of rotatable bonds is 4. The van der Waals surface area contributed by atoms with Crippen molar-refractivity contribution < 1.29 is 14.3 Å². The Labute approximate surface area is 154 Å². The molecule has 1 amide bonds. The number of carbonyl (C=O) groups is 1. The molecule has 2 aromatic rings. The molecule has 0 saturated heterocycles. The van der Waals surface area contributed by atoms with E-state index in [1.807, 2.05) is 31.2 Å². The number of hydrogen-bond donors (Lipinski definition) is 0. The average molecular weight is 411 g/mol. The van der Waals surface area contributed by atoms with Gasteiger partial charge in [-0.1, -0.05) is 39.7 Å². The molecule has 0 aromatic heterocycles. The second-order valence-corrected chi connectivity index (χ2v) is 6.71. The predicted octanol–water partition coefficient (Wildman–Crippen LogP) is 4.54. The summed E-state index contributed by atoms with van der Waals surface area (Å²) in [6.45, 7) is 4.01. The highest BCUT2D eigenvalue weighted by atomic mass is 79.9. The number of nitrogens with zero attached hydrogens (tertiary/aromatic N) is 1. The summed E-state index contributed by atoms with van der Waals surface area (Å²) in [6, 6.07) is 11.0. The van der Waals surface area contributed by atoms with Crippen LogP contribution in [-0.2, 0) is 6.54 Å². The molecule has 0 atom stereocenters. The summed E-state index contributed by atoms with van der Waals surface area (Å²) < 4.78 is 12.2. The van der Waals surface area contributed by atoms with E-state index in [0.29, 0.717) is 36.9 Å². The lowest BCUT2D eigenvalue weighted by Crippen LogP contribution is -2.31. The van der Waals surface area contributed by atoms with Crippen LogP contribution in [0.3, 0.4) is 0 Å². The molecule has 6 heteroatoms. The first-order valence-corrected chi connectivity index (χ1v) is 8.89. The SMILES string of the molecule is CCN(Cc1cccc2c1OCCO2)C(=O)c1ccc(Br)cc1Cl. The van der Waals surface area contributed by atoms with Crippen LogP contribution in [0.1, 0.15) is 22.8 Å². The van der Waals surface area contributed by atoms with E-state index in [2.05, 4.69) is 15.9 Å². The van der Waals surface area contributed by atoms with E-state index in [-0.39, 0.29) is 5.91 Å². The maximum absolute atomic E-state index is 12.8. The Morgan fingerprint density at radius 3 is 2.79 bits per heavy atom. The van der Waals surface area contributed by atoms with Crippen molar-refractivity contribution >= 4 is 33.4 Å². The van der Waals surface area contributed by atoms with E-state index in [4.69, 9.17) is 21.1 Å². The molecule has 0 fully saturated rings. The highest BCUT2D eigenvalue weighted by Gasteiger charge is 2.21. The lowest BCUT2D eigenvalue weighted by molar-refractivity contribution is 0.0749. The van der Waals surface area contributed by atoms with E-state index >= 15 is 0 Å². The number of halogens is 2. The normalized spacial score (nSPS) is 12.8. The number of benzene rings is 2. The minimum absolute atomic E-state index is 0.107. The van der Waals surface area contributed by atoms with Crippen molar-refractivity contribution in [3.8, 4) is 11.5 Å². The van der Waals surface area contributed by atoms with Crippen LogP contribution >= 0.6 is 27.5 Å². The van der Waals surface area contributed by atoms with Crippen molar-refractivity contribution in [3.05, 3.63) is 57.0 Å². The van der Waals surface area contributed by atoms with Gasteiger partial charge in [-0.2, -0.15) is 0 Å². The summed E-state index contributed by atoms with van der Waals surface area (Å²) >= 11 is 9.58. The number of amides is 1. The molecule has 126 valence electrons. The number of carbonyl (C=O) groups excluding carboxylic acids is 1. The van der Waals surface area contributed by atoms with E-state index in [1.165, 1.54) is 0 Å². The third-order valence-corrected chi connectivity index (χ3v) is 4.65. The molecular weight excluding hydrogens is 394 g/mol. The van der Waals surface area contributed by atoms with Gasteiger partial charge in [-0.05, 0) is 31.2 Å². The minimum Gasteiger partial charge on any atom is -0.486 e. The van der Waals surface area contributed by atoms with Crippen LogP contribution in [0.15, 0.2) is 40.9 Å². The Morgan fingerprint density at radius 2 is 2.04 bits per heavy atom. The molecule has 3 rings (SSSR count). The third kappa shape index (κ3) is 3.52. The summed E-state index contributed by atoms with van der Waals surface area (Å²) in [5, 5.41) is 0.433. The maximum atomic E-state index is 12.8. The number of fused-ring (bicyclic) bond motifs is 1. The Morgan fingerprint density at radius 1 is 1.25 bits per heavy atom. The highest BCUT2D eigenvalue weighted by Crippen LogP contribution is 2.34. The van der Waals surface area contributed by atoms with Gasteiger partial charge in [-0.25, -0.2) is 0 Å². The van der Waals surface area contributed by atoms with Crippen molar-refractivity contribution in [2.24, 2.45) is 0 Å². The molecular formula is C18H17BrClNO3. The highest BCUT2D eigenvalue weighted by molar-refractivity contribution is 9.10. The van der Waals surface area contributed by atoms with Crippen LogP contribution in [0.5, 0.6) is 11.5 Å². The van der Waals surface area contributed by atoms with Gasteiger partial charge in [0.1, 0.15) is 13.2 Å². The minimum atomic E-state index is -0.107. The molecule has 4 nitrogen and oxygen atoms in total. The Hall–Kier alpha value is -1.72. The van der Waals surface area contributed by atoms with Crippen molar-refractivity contribution in [2.75, 3.05) is 19.8 Å². The topological polar surface area (TPSA) is 38.8 Å². The van der Waals surface area contributed by atoms with Gasteiger partial charge >= 0.3 is 0 Å². The van der Waals surface area contributed by atoms with E-state index in [0.717, 1.165) is 21.5 Å². The van der Waals surface area contributed by atoms with Gasteiger partial charge in [0.05, 0.1) is 10.6 Å². The van der Waals surface area contributed by atoms with Crippen molar-refractivity contribution in [1.82, 2.24) is 4.90 Å². The molecule has 1 aliphatic heterocycles. The van der Waals surface area contributed by atoms with Gasteiger partial charge in [0.2, 0.25) is 0 Å². The molecule has 0 radical (unpaired) electrons. The zero-order valence-electron chi connectivity index (χ0n) is 13.2. The molecule has 0 spiro atoms. The van der Waals surface area contributed by atoms with Gasteiger partial charge in [0.15, 0.2) is 11.5 Å². The second-order valence-electron chi connectivity index (χ2n) is 5.38. The number of hydrogen-bond acceptors (Lipinski definition) is 3. The van der Waals surface area contributed by atoms with Crippen molar-refractivity contribution in [2.45, 2.75) is 13.5 Å². The fraction of sp³-hybridized carbons (Fsp3) is 0.278. The zero-order valence-corrected chi connectivity index (χ0v) is 15.6. The second kappa shape index (κ2) is 7.45. The van der Waals surface area contributed by atoms with Crippen LogP contribution < -0.4 is 9.47 Å². The number of para-hydroxylation sites is 1. The van der Waals surface area contributed by atoms with Gasteiger partial charge in [-0.15, -0.1) is 0 Å². The standard InChI is InChI=1S/C18H17BrClNO3/c1-2-21(18(22)14-7-6-13(19)10-15(14)20)11-12-4-3-5-16-17(12)24-9-8-23-16/h3-7,10H,2,8-9,11H2,1H3. The van der Waals surface area contributed by atoms with E-state index in [1.54, 1.807) is 17.0 Å². The molecule has 1 heterocycles. The van der Waals surface area contributed by atoms with Gasteiger partial charge < -0.3 is 14.4 Å². The molecule has 0 aliphatic carbocycles. The lowest BCUT2D eigenvalue weighted by Gasteiger charge is -2.25. The fourth-order valence-electron chi connectivity index (χ4n) is 2.62. The van der Waals surface area contributed by atoms with Crippen LogP contribution in [0.4, 0.5) is 0 Å². The predicted molar refractivity (Wildman–Crippen MR) is 97.0 cm³/mol. The molecule has 0 saturated carbocycles. The van der Waals surface area contributed by atoms with Crippen LogP contribution in [0.2, 0.25) is 5.02 Å². The maximum Gasteiger partial charge on any atom is 0.255 e. The summed E-state index contributed by atoms with van der Waals surface area (Å²) in [6.07, 6.45) is 0. The molecule has 0 unspecified atom stereocenters. The largest absolute Gasteiger partial charge is 0.486 e. The Kier molecular flexibility index (Phi) is 5.31. The summed E-state index contributed by atoms with van der Waals surface area (Å²) in [4.78, 5) is 14.6. The smallest absolute Gasteiger partial charge is 0.255 e. The lowest BCUT2D eigenvalue weighted by atomic mass is 10.1. The first kappa shape index (κ1) is 17.1. The molecule has 2 aromatic carbocycles. The van der Waals surface area contributed by atoms with E-state index < -0.39 is 0 Å². The average Bonchev–Trinajstić information content (AvgIpc) is 2.59. The third-order valence-electron chi connectivity index (χ3n) is 3.84. The van der Waals surface area contributed by atoms with Gasteiger partial charge in [0.25, 0.3) is 5.91 Å². The monoisotopic (exact) mass is 409 g/mol. The molecule has 0 N–H and O–H groups in total. The number of ether oxygens (including phenoxy) is 2. The van der Waals surface area contributed by atoms with Crippen LogP contribution in [0.25, 0.3) is 0 Å². The first-order chi connectivity index (χ1) is 11.6. The quantitative estimate of drug-likeness (QED) is 0.743. The zero-order chi connectivity index (χ0) is 17.1. The van der Waals surface area contributed by atoms with Gasteiger partial charge in [0, 0.05) is 23.1 Å². The summed E-state index contributed by atoms with van der Waals surface area (Å²) in [5.74, 6) is 1.34. The summed E-state index contributed by atoms with van der Waals surface area (Å²) in [5.41, 5.74) is 1.42. The summed E-state index contributed by atoms with van der Waals surface area (Å²) in [7, 11) is 0. The first-order valence-electron chi connectivity index (χ1n) is 7.72. The Balaban J connectivity index is 1.86. The van der Waals surface area contributed by atoms with Crippen LogP contribution in [0, 0.1) is 0 Å². The van der Waals surface area contributed by atoms with Gasteiger partial charge in [-0.3, -0.25) is 4.79 Å². The molecule has 1 aliphatic rings.